The first kappa shape index (κ1) is 17.4. The summed E-state index contributed by atoms with van der Waals surface area (Å²) in [4.78, 5) is 14.5. The van der Waals surface area contributed by atoms with Crippen LogP contribution in [0.15, 0.2) is 40.8 Å². The Morgan fingerprint density at radius 3 is 2.96 bits per heavy atom. The molecule has 2 aromatic rings. The summed E-state index contributed by atoms with van der Waals surface area (Å²) in [5.74, 6) is 2.42. The van der Waals surface area contributed by atoms with Crippen molar-refractivity contribution in [3.63, 3.8) is 0 Å². The molecule has 0 saturated carbocycles. The molecule has 1 saturated heterocycles. The molecule has 0 spiro atoms. The third kappa shape index (κ3) is 4.33. The van der Waals surface area contributed by atoms with Crippen LogP contribution in [0.1, 0.15) is 30.4 Å². The van der Waals surface area contributed by atoms with Gasteiger partial charge < -0.3 is 24.1 Å². The number of amides is 2. The summed E-state index contributed by atoms with van der Waals surface area (Å²) in [6, 6.07) is 11.1. The quantitative estimate of drug-likeness (QED) is 0.805. The van der Waals surface area contributed by atoms with E-state index in [0.29, 0.717) is 24.7 Å². The third-order valence-electron chi connectivity index (χ3n) is 4.24. The van der Waals surface area contributed by atoms with Crippen LogP contribution < -0.4 is 10.1 Å². The molecule has 0 radical (unpaired) electrons. The highest BCUT2D eigenvalue weighted by Gasteiger charge is 2.32. The minimum atomic E-state index is -0.120. The van der Waals surface area contributed by atoms with E-state index in [0.717, 1.165) is 30.9 Å². The molecule has 0 unspecified atom stereocenters. The molecule has 1 aromatic carbocycles. The van der Waals surface area contributed by atoms with Crippen LogP contribution in [0.2, 0.25) is 0 Å². The molecule has 134 valence electrons. The van der Waals surface area contributed by atoms with E-state index in [2.05, 4.69) is 5.32 Å². The molecule has 0 bridgehead atoms. The summed E-state index contributed by atoms with van der Waals surface area (Å²) in [6.45, 7) is 3.63. The molecule has 25 heavy (non-hydrogen) atoms. The fraction of sp³-hybridized carbons (Fsp3) is 0.421. The maximum atomic E-state index is 12.7. The van der Waals surface area contributed by atoms with Crippen LogP contribution in [0.3, 0.4) is 0 Å². The highest BCUT2D eigenvalue weighted by Crippen LogP contribution is 2.33. The predicted octanol–water partition coefficient (Wildman–Crippen LogP) is 3.98. The molecule has 1 N–H and O–H groups in total. The molecule has 3 rings (SSSR count). The summed E-state index contributed by atoms with van der Waals surface area (Å²) >= 11 is 0. The van der Waals surface area contributed by atoms with Crippen LogP contribution in [0, 0.1) is 6.92 Å². The van der Waals surface area contributed by atoms with Gasteiger partial charge in [0.05, 0.1) is 12.6 Å². The summed E-state index contributed by atoms with van der Waals surface area (Å²) in [6.07, 6.45) is 1.89. The average Bonchev–Trinajstić information content (AvgIpc) is 3.24. The molecule has 2 heterocycles. The second-order valence-electron chi connectivity index (χ2n) is 6.10. The van der Waals surface area contributed by atoms with E-state index in [1.807, 2.05) is 48.2 Å². The zero-order valence-electron chi connectivity index (χ0n) is 14.7. The highest BCUT2D eigenvalue weighted by atomic mass is 16.5. The van der Waals surface area contributed by atoms with Crippen LogP contribution in [0.25, 0.3) is 0 Å². The van der Waals surface area contributed by atoms with Gasteiger partial charge in [-0.05, 0) is 44.0 Å². The van der Waals surface area contributed by atoms with Crippen molar-refractivity contribution < 1.29 is 18.7 Å². The SMILES string of the molecule is COCCOc1cccc(NC(=O)N2CCC[C@H]2c2ccc(C)o2)c1. The lowest BCUT2D eigenvalue weighted by Gasteiger charge is -2.23. The molecule has 1 aromatic heterocycles. The Balaban J connectivity index is 1.64. The number of ether oxygens (including phenoxy) is 2. The maximum absolute atomic E-state index is 12.7. The van der Waals surface area contributed by atoms with E-state index in [1.54, 1.807) is 7.11 Å². The predicted molar refractivity (Wildman–Crippen MR) is 95.0 cm³/mol. The average molecular weight is 344 g/mol. The van der Waals surface area contributed by atoms with Gasteiger partial charge in [-0.2, -0.15) is 0 Å². The van der Waals surface area contributed by atoms with Gasteiger partial charge in [0, 0.05) is 25.4 Å². The number of likely N-dealkylation sites (tertiary alicyclic amines) is 1. The number of carbonyl (C=O) groups is 1. The number of benzene rings is 1. The number of methoxy groups -OCH3 is 1. The van der Waals surface area contributed by atoms with Gasteiger partial charge >= 0.3 is 6.03 Å². The number of hydrogen-bond acceptors (Lipinski definition) is 4. The Morgan fingerprint density at radius 1 is 1.32 bits per heavy atom. The Labute approximate surface area is 147 Å². The van der Waals surface area contributed by atoms with Crippen molar-refractivity contribution in [2.75, 3.05) is 32.2 Å². The van der Waals surface area contributed by atoms with E-state index in [-0.39, 0.29) is 12.1 Å². The minimum Gasteiger partial charge on any atom is -0.491 e. The Morgan fingerprint density at radius 2 is 2.20 bits per heavy atom. The zero-order valence-corrected chi connectivity index (χ0v) is 14.7. The molecule has 1 aliphatic heterocycles. The normalized spacial score (nSPS) is 16.9. The Kier molecular flexibility index (Phi) is 5.60. The van der Waals surface area contributed by atoms with Crippen molar-refractivity contribution in [1.29, 1.82) is 0 Å². The molecule has 2 amide bonds. The lowest BCUT2D eigenvalue weighted by Crippen LogP contribution is -2.34. The van der Waals surface area contributed by atoms with E-state index >= 15 is 0 Å². The number of nitrogens with one attached hydrogen (secondary N) is 1. The van der Waals surface area contributed by atoms with Gasteiger partial charge in [-0.25, -0.2) is 4.79 Å². The summed E-state index contributed by atoms with van der Waals surface area (Å²) in [7, 11) is 1.63. The van der Waals surface area contributed by atoms with Gasteiger partial charge in [-0.1, -0.05) is 6.07 Å². The summed E-state index contributed by atoms with van der Waals surface area (Å²) in [5, 5.41) is 2.96. The maximum Gasteiger partial charge on any atom is 0.322 e. The molecule has 0 aliphatic carbocycles. The largest absolute Gasteiger partial charge is 0.491 e. The van der Waals surface area contributed by atoms with Crippen molar-refractivity contribution in [1.82, 2.24) is 4.90 Å². The second-order valence-corrected chi connectivity index (χ2v) is 6.10. The first-order chi connectivity index (χ1) is 12.2. The van der Waals surface area contributed by atoms with Crippen LogP contribution in [0.5, 0.6) is 5.75 Å². The van der Waals surface area contributed by atoms with Gasteiger partial charge in [-0.3, -0.25) is 0 Å². The fourth-order valence-corrected chi connectivity index (χ4v) is 3.04. The van der Waals surface area contributed by atoms with Crippen molar-refractivity contribution >= 4 is 11.7 Å². The summed E-state index contributed by atoms with van der Waals surface area (Å²) in [5.41, 5.74) is 0.709. The van der Waals surface area contributed by atoms with Gasteiger partial charge in [0.2, 0.25) is 0 Å². The van der Waals surface area contributed by atoms with Crippen LogP contribution >= 0.6 is 0 Å². The van der Waals surface area contributed by atoms with Gasteiger partial charge in [0.1, 0.15) is 23.9 Å². The zero-order chi connectivity index (χ0) is 17.6. The molecular formula is C19H24N2O4. The molecule has 1 atom stereocenters. The molecule has 6 nitrogen and oxygen atoms in total. The number of nitrogens with zero attached hydrogens (tertiary/aromatic N) is 1. The summed E-state index contributed by atoms with van der Waals surface area (Å²) < 4.78 is 16.3. The Bertz CT molecular complexity index is 713. The minimum absolute atomic E-state index is 0.00478. The van der Waals surface area contributed by atoms with Crippen LogP contribution in [-0.4, -0.2) is 37.8 Å². The van der Waals surface area contributed by atoms with Gasteiger partial charge in [-0.15, -0.1) is 0 Å². The number of urea groups is 1. The molecule has 1 aliphatic rings. The first-order valence-electron chi connectivity index (χ1n) is 8.53. The van der Waals surface area contributed by atoms with Crippen molar-refractivity contribution in [2.45, 2.75) is 25.8 Å². The fourth-order valence-electron chi connectivity index (χ4n) is 3.04. The third-order valence-corrected chi connectivity index (χ3v) is 4.24. The van der Waals surface area contributed by atoms with Gasteiger partial charge in [0.15, 0.2) is 0 Å². The molecule has 6 heteroatoms. The number of aryl methyl sites for hydroxylation is 1. The van der Waals surface area contributed by atoms with Crippen LogP contribution in [0.4, 0.5) is 10.5 Å². The number of rotatable bonds is 6. The topological polar surface area (TPSA) is 63.9 Å². The number of hydrogen-bond donors (Lipinski definition) is 1. The monoisotopic (exact) mass is 344 g/mol. The molecular weight excluding hydrogens is 320 g/mol. The Hall–Kier alpha value is -2.47. The van der Waals surface area contributed by atoms with Crippen molar-refractivity contribution in [3.8, 4) is 5.75 Å². The lowest BCUT2D eigenvalue weighted by molar-refractivity contribution is 0.146. The lowest BCUT2D eigenvalue weighted by atomic mass is 10.2. The number of anilines is 1. The van der Waals surface area contributed by atoms with E-state index in [9.17, 15) is 4.79 Å². The van der Waals surface area contributed by atoms with Gasteiger partial charge in [0.25, 0.3) is 0 Å². The number of furan rings is 1. The van der Waals surface area contributed by atoms with E-state index < -0.39 is 0 Å². The highest BCUT2D eigenvalue weighted by molar-refractivity contribution is 5.90. The van der Waals surface area contributed by atoms with Crippen molar-refractivity contribution in [2.24, 2.45) is 0 Å². The van der Waals surface area contributed by atoms with E-state index in [4.69, 9.17) is 13.9 Å². The second kappa shape index (κ2) is 8.07. The number of carbonyl (C=O) groups excluding carboxylic acids is 1. The smallest absolute Gasteiger partial charge is 0.322 e. The van der Waals surface area contributed by atoms with Crippen molar-refractivity contribution in [3.05, 3.63) is 47.9 Å². The standard InChI is InChI=1S/C19H24N2O4/c1-14-8-9-18(25-14)17-7-4-10-21(17)19(22)20-15-5-3-6-16(13-15)24-12-11-23-2/h3,5-6,8-9,13,17H,4,7,10-12H2,1-2H3,(H,20,22)/t17-/m0/s1. The molecule has 1 fully saturated rings. The van der Waals surface area contributed by atoms with E-state index in [1.165, 1.54) is 0 Å². The first-order valence-corrected chi connectivity index (χ1v) is 8.53. The van der Waals surface area contributed by atoms with Crippen LogP contribution in [-0.2, 0) is 4.74 Å².